The molecular weight excluding hydrogens is 450 g/mol. The van der Waals surface area contributed by atoms with Crippen molar-refractivity contribution in [3.05, 3.63) is 58.6 Å². The molecule has 0 aromatic heterocycles. The van der Waals surface area contributed by atoms with Gasteiger partial charge in [-0.25, -0.2) is 8.42 Å². The Hall–Kier alpha value is -2.42. The molecule has 2 N–H and O–H groups in total. The van der Waals surface area contributed by atoms with Crippen LogP contribution in [0.1, 0.15) is 42.6 Å². The summed E-state index contributed by atoms with van der Waals surface area (Å²) >= 11 is 6.18. The van der Waals surface area contributed by atoms with Gasteiger partial charge in [-0.15, -0.1) is 0 Å². The SMILES string of the molecule is Cc1ccccc1C(=O)N[C@H](C(=O)Nc1ccc(Cl)c(S(=O)(=O)N2CCCC2)c1)C(C)C. The molecule has 1 aliphatic heterocycles. The average molecular weight is 478 g/mol. The van der Waals surface area contributed by atoms with E-state index in [0.29, 0.717) is 24.3 Å². The Morgan fingerprint density at radius 2 is 1.72 bits per heavy atom. The zero-order valence-electron chi connectivity index (χ0n) is 18.4. The van der Waals surface area contributed by atoms with Gasteiger partial charge in [0.2, 0.25) is 15.9 Å². The summed E-state index contributed by atoms with van der Waals surface area (Å²) in [6, 6.07) is 10.7. The number of nitrogens with zero attached hydrogens (tertiary/aromatic N) is 1. The molecule has 0 unspecified atom stereocenters. The van der Waals surface area contributed by atoms with Crippen LogP contribution in [0.2, 0.25) is 5.02 Å². The Bertz CT molecular complexity index is 1110. The number of hydrogen-bond acceptors (Lipinski definition) is 4. The Kier molecular flexibility index (Phi) is 7.59. The van der Waals surface area contributed by atoms with Crippen molar-refractivity contribution in [2.24, 2.45) is 5.92 Å². The van der Waals surface area contributed by atoms with Crippen molar-refractivity contribution in [1.82, 2.24) is 9.62 Å². The van der Waals surface area contributed by atoms with Crippen molar-refractivity contribution in [3.63, 3.8) is 0 Å². The maximum atomic E-state index is 13.0. The number of rotatable bonds is 7. The first-order chi connectivity index (χ1) is 15.1. The molecule has 32 heavy (non-hydrogen) atoms. The Morgan fingerprint density at radius 1 is 1.06 bits per heavy atom. The van der Waals surface area contributed by atoms with Crippen molar-refractivity contribution in [3.8, 4) is 0 Å². The van der Waals surface area contributed by atoms with E-state index in [4.69, 9.17) is 11.6 Å². The number of halogens is 1. The fourth-order valence-corrected chi connectivity index (χ4v) is 5.67. The minimum Gasteiger partial charge on any atom is -0.340 e. The maximum Gasteiger partial charge on any atom is 0.252 e. The summed E-state index contributed by atoms with van der Waals surface area (Å²) in [5.41, 5.74) is 1.60. The Morgan fingerprint density at radius 3 is 2.34 bits per heavy atom. The monoisotopic (exact) mass is 477 g/mol. The normalized spacial score (nSPS) is 15.5. The fraction of sp³-hybridized carbons (Fsp3) is 0.391. The van der Waals surface area contributed by atoms with E-state index < -0.39 is 22.0 Å². The second kappa shape index (κ2) is 10.0. The quantitative estimate of drug-likeness (QED) is 0.633. The van der Waals surface area contributed by atoms with Gasteiger partial charge in [-0.2, -0.15) is 4.31 Å². The Labute approximate surface area is 194 Å². The highest BCUT2D eigenvalue weighted by atomic mass is 35.5. The molecule has 0 saturated carbocycles. The molecule has 9 heteroatoms. The molecule has 2 amide bonds. The van der Waals surface area contributed by atoms with Gasteiger partial charge in [-0.05, 0) is 55.5 Å². The van der Waals surface area contributed by atoms with E-state index in [9.17, 15) is 18.0 Å². The minimum absolute atomic E-state index is 0.0380. The predicted octanol–water partition coefficient (Wildman–Crippen LogP) is 3.83. The molecule has 3 rings (SSSR count). The largest absolute Gasteiger partial charge is 0.340 e. The van der Waals surface area contributed by atoms with Crippen LogP contribution in [0.4, 0.5) is 5.69 Å². The van der Waals surface area contributed by atoms with E-state index in [2.05, 4.69) is 10.6 Å². The lowest BCUT2D eigenvalue weighted by atomic mass is 10.0. The third kappa shape index (κ3) is 5.31. The van der Waals surface area contributed by atoms with E-state index in [1.165, 1.54) is 16.4 Å². The highest BCUT2D eigenvalue weighted by Crippen LogP contribution is 2.29. The van der Waals surface area contributed by atoms with Gasteiger partial charge < -0.3 is 10.6 Å². The molecular formula is C23H28ClN3O4S. The number of hydrogen-bond donors (Lipinski definition) is 2. The lowest BCUT2D eigenvalue weighted by Crippen LogP contribution is -2.47. The van der Waals surface area contributed by atoms with Crippen LogP contribution >= 0.6 is 11.6 Å². The summed E-state index contributed by atoms with van der Waals surface area (Å²) < 4.78 is 27.3. The topological polar surface area (TPSA) is 95.6 Å². The number of sulfonamides is 1. The van der Waals surface area contributed by atoms with Crippen molar-refractivity contribution in [2.75, 3.05) is 18.4 Å². The third-order valence-corrected chi connectivity index (χ3v) is 7.89. The van der Waals surface area contributed by atoms with Gasteiger partial charge in [0.15, 0.2) is 0 Å². The molecule has 1 saturated heterocycles. The molecule has 1 atom stereocenters. The van der Waals surface area contributed by atoms with Crippen LogP contribution in [0.25, 0.3) is 0 Å². The van der Waals surface area contributed by atoms with Crippen molar-refractivity contribution < 1.29 is 18.0 Å². The number of nitrogens with one attached hydrogen (secondary N) is 2. The van der Waals surface area contributed by atoms with Crippen LogP contribution in [0.5, 0.6) is 0 Å². The fourth-order valence-electron chi connectivity index (χ4n) is 3.65. The van der Waals surface area contributed by atoms with E-state index in [0.717, 1.165) is 18.4 Å². The molecule has 1 heterocycles. The molecule has 1 fully saturated rings. The van der Waals surface area contributed by atoms with Gasteiger partial charge in [0, 0.05) is 24.3 Å². The van der Waals surface area contributed by atoms with Crippen molar-refractivity contribution >= 4 is 39.1 Å². The number of carbonyl (C=O) groups excluding carboxylic acids is 2. The second-order valence-corrected chi connectivity index (χ2v) is 10.6. The first-order valence-corrected chi connectivity index (χ1v) is 12.4. The lowest BCUT2D eigenvalue weighted by Gasteiger charge is -2.23. The van der Waals surface area contributed by atoms with Gasteiger partial charge in [-0.1, -0.05) is 43.6 Å². The molecule has 7 nitrogen and oxygen atoms in total. The lowest BCUT2D eigenvalue weighted by molar-refractivity contribution is -0.118. The molecule has 2 aromatic carbocycles. The summed E-state index contributed by atoms with van der Waals surface area (Å²) in [5.74, 6) is -0.970. The summed E-state index contributed by atoms with van der Waals surface area (Å²) in [6.45, 7) is 6.39. The number of carbonyl (C=O) groups is 2. The van der Waals surface area contributed by atoms with Gasteiger partial charge in [-0.3, -0.25) is 9.59 Å². The number of anilines is 1. The first-order valence-electron chi connectivity index (χ1n) is 10.6. The molecule has 2 aromatic rings. The molecule has 172 valence electrons. The maximum absolute atomic E-state index is 13.0. The minimum atomic E-state index is -3.74. The van der Waals surface area contributed by atoms with Gasteiger partial charge in [0.1, 0.15) is 10.9 Å². The average Bonchev–Trinajstić information content (AvgIpc) is 3.29. The Balaban J connectivity index is 1.80. The molecule has 0 spiro atoms. The van der Waals surface area contributed by atoms with Crippen LogP contribution in [0.3, 0.4) is 0 Å². The number of aryl methyl sites for hydroxylation is 1. The summed E-state index contributed by atoms with van der Waals surface area (Å²) in [4.78, 5) is 25.7. The van der Waals surface area contributed by atoms with Crippen molar-refractivity contribution in [2.45, 2.75) is 44.6 Å². The molecule has 0 bridgehead atoms. The van der Waals surface area contributed by atoms with Gasteiger partial charge in [0.05, 0.1) is 5.02 Å². The number of amides is 2. The second-order valence-electron chi connectivity index (χ2n) is 8.26. The smallest absolute Gasteiger partial charge is 0.252 e. The zero-order chi connectivity index (χ0) is 23.5. The van der Waals surface area contributed by atoms with Crippen molar-refractivity contribution in [1.29, 1.82) is 0 Å². The van der Waals surface area contributed by atoms with Crippen LogP contribution in [0, 0.1) is 12.8 Å². The van der Waals surface area contributed by atoms with Gasteiger partial charge in [0.25, 0.3) is 5.91 Å². The molecule has 0 aliphatic carbocycles. The zero-order valence-corrected chi connectivity index (χ0v) is 20.0. The van der Waals surface area contributed by atoms with E-state index in [1.54, 1.807) is 18.2 Å². The molecule has 0 radical (unpaired) electrons. The first kappa shape index (κ1) is 24.2. The molecule has 1 aliphatic rings. The van der Waals surface area contributed by atoms with Crippen LogP contribution in [0.15, 0.2) is 47.4 Å². The van der Waals surface area contributed by atoms with Crippen LogP contribution in [-0.2, 0) is 14.8 Å². The summed E-state index contributed by atoms with van der Waals surface area (Å²) in [6.07, 6.45) is 1.62. The predicted molar refractivity (Wildman–Crippen MR) is 125 cm³/mol. The van der Waals surface area contributed by atoms with Crippen LogP contribution < -0.4 is 10.6 Å². The van der Waals surface area contributed by atoms with E-state index in [-0.39, 0.29) is 21.7 Å². The van der Waals surface area contributed by atoms with E-state index in [1.807, 2.05) is 32.9 Å². The van der Waals surface area contributed by atoms with E-state index >= 15 is 0 Å². The van der Waals surface area contributed by atoms with Crippen LogP contribution in [-0.4, -0.2) is 43.7 Å². The number of benzene rings is 2. The third-order valence-electron chi connectivity index (χ3n) is 5.51. The highest BCUT2D eigenvalue weighted by molar-refractivity contribution is 7.89. The highest BCUT2D eigenvalue weighted by Gasteiger charge is 2.30. The van der Waals surface area contributed by atoms with Gasteiger partial charge >= 0.3 is 0 Å². The standard InChI is InChI=1S/C23H28ClN3O4S/c1-15(2)21(26-22(28)18-9-5-4-8-16(18)3)23(29)25-17-10-11-19(24)20(14-17)32(30,31)27-12-6-7-13-27/h4-5,8-11,14-15,21H,6-7,12-13H2,1-3H3,(H,25,29)(H,26,28)/t21-/m0/s1. The summed E-state index contributed by atoms with van der Waals surface area (Å²) in [7, 11) is -3.74. The summed E-state index contributed by atoms with van der Waals surface area (Å²) in [5, 5.41) is 5.62.